The third kappa shape index (κ3) is 8.01. The molecule has 0 aliphatic rings. The Morgan fingerprint density at radius 3 is 2.39 bits per heavy atom. The number of carbonyl (C=O) groups excluding carboxylic acids is 2. The standard InChI is InChI=1S/C25H33Cl2N3O5S/c1-5-7-14-28-25(32)21(6-2)29(16-18-10-8-9-11-20(18)27)24(31)17-30(36(4,33)34)22-15-19(26)12-13-23(22)35-3/h8-13,15,21H,5-7,14,16-17H2,1-4H3,(H,28,32). The zero-order valence-corrected chi connectivity index (χ0v) is 23.3. The van der Waals surface area contributed by atoms with Gasteiger partial charge in [-0.05, 0) is 42.7 Å². The second kappa shape index (κ2) is 13.7. The largest absolute Gasteiger partial charge is 0.495 e. The van der Waals surface area contributed by atoms with E-state index >= 15 is 0 Å². The van der Waals surface area contributed by atoms with Crippen LogP contribution in [0.1, 0.15) is 38.7 Å². The molecule has 1 atom stereocenters. The van der Waals surface area contributed by atoms with Crippen LogP contribution in [-0.4, -0.2) is 57.6 Å². The van der Waals surface area contributed by atoms with E-state index in [9.17, 15) is 18.0 Å². The highest BCUT2D eigenvalue weighted by Crippen LogP contribution is 2.33. The fourth-order valence-electron chi connectivity index (χ4n) is 3.69. The highest BCUT2D eigenvalue weighted by molar-refractivity contribution is 7.92. The monoisotopic (exact) mass is 557 g/mol. The summed E-state index contributed by atoms with van der Waals surface area (Å²) in [5.74, 6) is -0.642. The SMILES string of the molecule is CCCCNC(=O)C(CC)N(Cc1ccccc1Cl)C(=O)CN(c1cc(Cl)ccc1OC)S(C)(=O)=O. The van der Waals surface area contributed by atoms with Crippen molar-refractivity contribution in [3.63, 3.8) is 0 Å². The minimum atomic E-state index is -3.93. The second-order valence-corrected chi connectivity index (χ2v) is 11.0. The van der Waals surface area contributed by atoms with Crippen LogP contribution < -0.4 is 14.4 Å². The van der Waals surface area contributed by atoms with E-state index in [4.69, 9.17) is 27.9 Å². The van der Waals surface area contributed by atoms with Crippen LogP contribution in [0.2, 0.25) is 10.0 Å². The van der Waals surface area contributed by atoms with Gasteiger partial charge in [-0.1, -0.05) is 61.7 Å². The topological polar surface area (TPSA) is 96.0 Å². The van der Waals surface area contributed by atoms with E-state index in [-0.39, 0.29) is 28.9 Å². The van der Waals surface area contributed by atoms with Crippen LogP contribution in [0.3, 0.4) is 0 Å². The molecule has 1 N–H and O–H groups in total. The van der Waals surface area contributed by atoms with E-state index in [0.29, 0.717) is 23.6 Å². The first-order valence-corrected chi connectivity index (χ1v) is 14.3. The van der Waals surface area contributed by atoms with Crippen molar-refractivity contribution in [1.82, 2.24) is 10.2 Å². The Balaban J connectivity index is 2.49. The molecule has 0 fully saturated rings. The van der Waals surface area contributed by atoms with Gasteiger partial charge in [-0.3, -0.25) is 13.9 Å². The van der Waals surface area contributed by atoms with Crippen molar-refractivity contribution in [2.75, 3.05) is 30.8 Å². The zero-order chi connectivity index (χ0) is 26.9. The molecule has 0 aromatic heterocycles. The van der Waals surface area contributed by atoms with Crippen LogP contribution in [0.15, 0.2) is 42.5 Å². The lowest BCUT2D eigenvalue weighted by molar-refractivity contribution is -0.140. The lowest BCUT2D eigenvalue weighted by Crippen LogP contribution is -2.52. The second-order valence-electron chi connectivity index (χ2n) is 8.27. The molecule has 0 aliphatic carbocycles. The van der Waals surface area contributed by atoms with Crippen molar-refractivity contribution >= 4 is 50.7 Å². The average Bonchev–Trinajstić information content (AvgIpc) is 2.82. The third-order valence-electron chi connectivity index (χ3n) is 5.60. The maximum Gasteiger partial charge on any atom is 0.244 e. The van der Waals surface area contributed by atoms with Gasteiger partial charge >= 0.3 is 0 Å². The van der Waals surface area contributed by atoms with E-state index in [2.05, 4.69) is 5.32 Å². The Morgan fingerprint density at radius 1 is 1.11 bits per heavy atom. The molecule has 0 spiro atoms. The molecule has 0 heterocycles. The Hall–Kier alpha value is -2.49. The summed E-state index contributed by atoms with van der Waals surface area (Å²) in [6.45, 7) is 3.77. The van der Waals surface area contributed by atoms with Gasteiger partial charge in [0, 0.05) is 23.1 Å². The van der Waals surface area contributed by atoms with Crippen molar-refractivity contribution < 1.29 is 22.7 Å². The molecule has 0 radical (unpaired) electrons. The van der Waals surface area contributed by atoms with Crippen molar-refractivity contribution in [3.05, 3.63) is 58.1 Å². The molecule has 0 saturated heterocycles. The normalized spacial score (nSPS) is 12.1. The molecule has 0 aliphatic heterocycles. The minimum absolute atomic E-state index is 0.0303. The average molecular weight is 559 g/mol. The van der Waals surface area contributed by atoms with Crippen LogP contribution in [0.4, 0.5) is 5.69 Å². The Kier molecular flexibility index (Phi) is 11.3. The maximum absolute atomic E-state index is 13.7. The number of nitrogens with one attached hydrogen (secondary N) is 1. The molecule has 8 nitrogen and oxygen atoms in total. The van der Waals surface area contributed by atoms with Gasteiger partial charge in [-0.15, -0.1) is 0 Å². The van der Waals surface area contributed by atoms with Gasteiger partial charge in [0.15, 0.2) is 0 Å². The number of nitrogens with zero attached hydrogens (tertiary/aromatic N) is 2. The van der Waals surface area contributed by atoms with Crippen molar-refractivity contribution in [2.24, 2.45) is 0 Å². The van der Waals surface area contributed by atoms with E-state index in [0.717, 1.165) is 23.4 Å². The van der Waals surface area contributed by atoms with Crippen molar-refractivity contribution in [2.45, 2.75) is 45.7 Å². The number of carbonyl (C=O) groups is 2. The molecule has 2 rings (SSSR count). The molecule has 36 heavy (non-hydrogen) atoms. The summed E-state index contributed by atoms with van der Waals surface area (Å²) in [4.78, 5) is 28.2. The first-order valence-electron chi connectivity index (χ1n) is 11.6. The van der Waals surface area contributed by atoms with Crippen LogP contribution in [0, 0.1) is 0 Å². The summed E-state index contributed by atoms with van der Waals surface area (Å²) < 4.78 is 31.8. The summed E-state index contributed by atoms with van der Waals surface area (Å²) in [7, 11) is -2.53. The molecule has 0 saturated carbocycles. The quantitative estimate of drug-likeness (QED) is 0.366. The van der Waals surface area contributed by atoms with Gasteiger partial charge in [-0.2, -0.15) is 0 Å². The van der Waals surface area contributed by atoms with Gasteiger partial charge in [0.2, 0.25) is 21.8 Å². The number of hydrogen-bond acceptors (Lipinski definition) is 5. The summed E-state index contributed by atoms with van der Waals surface area (Å²) >= 11 is 12.5. The lowest BCUT2D eigenvalue weighted by atomic mass is 10.1. The fraction of sp³-hybridized carbons (Fsp3) is 0.440. The summed E-state index contributed by atoms with van der Waals surface area (Å²) in [6, 6.07) is 10.7. The highest BCUT2D eigenvalue weighted by Gasteiger charge is 2.32. The van der Waals surface area contributed by atoms with Crippen LogP contribution in [0.5, 0.6) is 5.75 Å². The summed E-state index contributed by atoms with van der Waals surface area (Å²) in [6.07, 6.45) is 3.03. The predicted molar refractivity (Wildman–Crippen MR) is 144 cm³/mol. The Bertz CT molecular complexity index is 1160. The van der Waals surface area contributed by atoms with Crippen molar-refractivity contribution in [3.8, 4) is 5.75 Å². The summed E-state index contributed by atoms with van der Waals surface area (Å²) in [5.41, 5.74) is 0.762. The number of methoxy groups -OCH3 is 1. The number of unbranched alkanes of at least 4 members (excludes halogenated alkanes) is 1. The van der Waals surface area contributed by atoms with Crippen LogP contribution in [0.25, 0.3) is 0 Å². The molecule has 2 aromatic carbocycles. The maximum atomic E-state index is 13.7. The fourth-order valence-corrected chi connectivity index (χ4v) is 4.90. The predicted octanol–water partition coefficient (Wildman–Crippen LogP) is 4.49. The van der Waals surface area contributed by atoms with E-state index < -0.39 is 28.5 Å². The number of hydrogen-bond donors (Lipinski definition) is 1. The zero-order valence-electron chi connectivity index (χ0n) is 21.0. The smallest absolute Gasteiger partial charge is 0.244 e. The van der Waals surface area contributed by atoms with Gasteiger partial charge in [0.05, 0.1) is 19.1 Å². The van der Waals surface area contributed by atoms with Gasteiger partial charge in [0.1, 0.15) is 18.3 Å². The third-order valence-corrected chi connectivity index (χ3v) is 7.33. The highest BCUT2D eigenvalue weighted by atomic mass is 35.5. The molecular weight excluding hydrogens is 525 g/mol. The number of ether oxygens (including phenoxy) is 1. The summed E-state index contributed by atoms with van der Waals surface area (Å²) in [5, 5.41) is 3.59. The molecule has 2 aromatic rings. The molecule has 0 bridgehead atoms. The van der Waals surface area contributed by atoms with Crippen molar-refractivity contribution in [1.29, 1.82) is 0 Å². The molecule has 198 valence electrons. The van der Waals surface area contributed by atoms with Crippen LogP contribution >= 0.6 is 23.2 Å². The first-order chi connectivity index (χ1) is 17.0. The number of anilines is 1. The number of sulfonamides is 1. The Labute approximate surface area is 223 Å². The van der Waals surface area contributed by atoms with E-state index in [1.165, 1.54) is 24.1 Å². The van der Waals surface area contributed by atoms with Gasteiger partial charge in [0.25, 0.3) is 0 Å². The molecule has 1 unspecified atom stereocenters. The van der Waals surface area contributed by atoms with E-state index in [1.807, 2.05) is 6.92 Å². The lowest BCUT2D eigenvalue weighted by Gasteiger charge is -2.33. The Morgan fingerprint density at radius 2 is 1.81 bits per heavy atom. The number of rotatable bonds is 13. The number of benzene rings is 2. The van der Waals surface area contributed by atoms with Gasteiger partial charge in [-0.25, -0.2) is 8.42 Å². The molecule has 11 heteroatoms. The number of amides is 2. The van der Waals surface area contributed by atoms with E-state index in [1.54, 1.807) is 37.3 Å². The first kappa shape index (κ1) is 29.7. The molecular formula is C25H33Cl2N3O5S. The molecule has 2 amide bonds. The number of halogens is 2. The van der Waals surface area contributed by atoms with Gasteiger partial charge < -0.3 is 15.0 Å². The van der Waals surface area contributed by atoms with Crippen LogP contribution in [-0.2, 0) is 26.2 Å². The minimum Gasteiger partial charge on any atom is -0.495 e.